The summed E-state index contributed by atoms with van der Waals surface area (Å²) in [6.45, 7) is 1.02. The van der Waals surface area contributed by atoms with Gasteiger partial charge in [-0.3, -0.25) is 4.79 Å². The topological polar surface area (TPSA) is 255 Å². The van der Waals surface area contributed by atoms with Crippen LogP contribution in [0.15, 0.2) is 29.8 Å². The van der Waals surface area contributed by atoms with Crippen molar-refractivity contribution in [2.75, 3.05) is 0 Å². The van der Waals surface area contributed by atoms with Crippen molar-refractivity contribution in [2.45, 2.75) is 56.4 Å². The molecule has 37 heavy (non-hydrogen) atoms. The van der Waals surface area contributed by atoms with Crippen LogP contribution in [0.1, 0.15) is 18.9 Å². The molecule has 0 saturated heterocycles. The van der Waals surface area contributed by atoms with Crippen molar-refractivity contribution in [3.8, 4) is 11.5 Å². The Balaban J connectivity index is 2.15. The lowest BCUT2D eigenvalue weighted by molar-refractivity contribution is -0.189. The van der Waals surface area contributed by atoms with Crippen LogP contribution in [0.5, 0.6) is 11.5 Å². The van der Waals surface area contributed by atoms with Crippen LogP contribution in [-0.2, 0) is 44.6 Å². The fourth-order valence-corrected chi connectivity index (χ4v) is 3.31. The van der Waals surface area contributed by atoms with E-state index in [4.69, 9.17) is 4.74 Å². The summed E-state index contributed by atoms with van der Waals surface area (Å²) in [4.78, 5) is 59.1. The second-order valence-electron chi connectivity index (χ2n) is 7.93. The minimum absolute atomic E-state index is 0.126. The van der Waals surface area contributed by atoms with Crippen molar-refractivity contribution < 1.29 is 73.9 Å². The molecule has 6 atom stereocenters. The average molecular weight is 528 g/mol. The lowest BCUT2D eigenvalue weighted by Gasteiger charge is -2.30. The number of phenolic OH excluding ortho intramolecular Hbond substituents is 2. The molecule has 0 heterocycles. The van der Waals surface area contributed by atoms with Crippen molar-refractivity contribution >= 4 is 29.8 Å². The van der Waals surface area contributed by atoms with E-state index in [0.717, 1.165) is 25.1 Å². The maximum atomic E-state index is 12.5. The summed E-state index contributed by atoms with van der Waals surface area (Å²) < 4.78 is 14.0. The number of phenols is 2. The van der Waals surface area contributed by atoms with Crippen LogP contribution in [0.25, 0.3) is 0 Å². The normalized spacial score (nSPS) is 21.5. The molecule has 0 aliphatic heterocycles. The van der Waals surface area contributed by atoms with E-state index in [-0.39, 0.29) is 5.56 Å². The van der Waals surface area contributed by atoms with Crippen LogP contribution < -0.4 is 0 Å². The summed E-state index contributed by atoms with van der Waals surface area (Å²) in [5.74, 6) is -9.04. The molecule has 0 amide bonds. The third kappa shape index (κ3) is 7.63. The monoisotopic (exact) mass is 528 g/mol. The number of aliphatic carboxylic acids is 2. The first kappa shape index (κ1) is 29.0. The molecule has 2 rings (SSSR count). The maximum absolute atomic E-state index is 12.5. The SMILES string of the molecule is CC(=O)OC1C(O)C=C(C(=O)OC(C(=O)O)C(OC(=O)C(O)Cc2ccc(O)c(O)c2)C(=O)O)CC1O. The van der Waals surface area contributed by atoms with Gasteiger partial charge in [-0.05, 0) is 23.8 Å². The zero-order chi connectivity index (χ0) is 28.0. The quantitative estimate of drug-likeness (QED) is 0.0982. The number of esters is 3. The first-order valence-corrected chi connectivity index (χ1v) is 10.5. The maximum Gasteiger partial charge on any atom is 0.349 e. The van der Waals surface area contributed by atoms with E-state index in [2.05, 4.69) is 9.47 Å². The third-order valence-corrected chi connectivity index (χ3v) is 5.06. The van der Waals surface area contributed by atoms with Crippen LogP contribution in [0, 0.1) is 0 Å². The summed E-state index contributed by atoms with van der Waals surface area (Å²) >= 11 is 0. The van der Waals surface area contributed by atoms with Crippen LogP contribution in [0.2, 0.25) is 0 Å². The molecule has 202 valence electrons. The number of aliphatic hydroxyl groups excluding tert-OH is 3. The molecule has 1 aromatic rings. The molecule has 0 spiro atoms. The van der Waals surface area contributed by atoms with E-state index in [1.807, 2.05) is 0 Å². The van der Waals surface area contributed by atoms with Crippen LogP contribution >= 0.6 is 0 Å². The zero-order valence-corrected chi connectivity index (χ0v) is 19.1. The smallest absolute Gasteiger partial charge is 0.349 e. The predicted molar refractivity (Wildman–Crippen MR) is 115 cm³/mol. The Labute approximate surface area is 207 Å². The van der Waals surface area contributed by atoms with Gasteiger partial charge in [0.25, 0.3) is 0 Å². The van der Waals surface area contributed by atoms with Gasteiger partial charge in [0.2, 0.25) is 12.2 Å². The molecule has 0 radical (unpaired) electrons. The van der Waals surface area contributed by atoms with Gasteiger partial charge >= 0.3 is 29.8 Å². The number of aromatic hydroxyl groups is 2. The van der Waals surface area contributed by atoms with Crippen molar-refractivity contribution in [3.05, 3.63) is 35.4 Å². The zero-order valence-electron chi connectivity index (χ0n) is 19.1. The van der Waals surface area contributed by atoms with E-state index >= 15 is 0 Å². The fourth-order valence-electron chi connectivity index (χ4n) is 3.31. The summed E-state index contributed by atoms with van der Waals surface area (Å²) in [7, 11) is 0. The minimum Gasteiger partial charge on any atom is -0.504 e. The van der Waals surface area contributed by atoms with Gasteiger partial charge in [-0.25, -0.2) is 19.2 Å². The number of hydrogen-bond donors (Lipinski definition) is 7. The Hall–Kier alpha value is -4.21. The molecule has 15 nitrogen and oxygen atoms in total. The molecule has 7 N–H and O–H groups in total. The highest BCUT2D eigenvalue weighted by Gasteiger charge is 2.43. The van der Waals surface area contributed by atoms with Gasteiger partial charge in [-0.1, -0.05) is 6.07 Å². The van der Waals surface area contributed by atoms with Gasteiger partial charge < -0.3 is 50.0 Å². The van der Waals surface area contributed by atoms with Crippen LogP contribution in [0.4, 0.5) is 0 Å². The highest BCUT2D eigenvalue weighted by Crippen LogP contribution is 2.26. The van der Waals surface area contributed by atoms with Crippen molar-refractivity contribution in [1.29, 1.82) is 0 Å². The second-order valence-corrected chi connectivity index (χ2v) is 7.93. The van der Waals surface area contributed by atoms with Crippen molar-refractivity contribution in [3.63, 3.8) is 0 Å². The molecular formula is C22H24O15. The first-order valence-electron chi connectivity index (χ1n) is 10.5. The predicted octanol–water partition coefficient (Wildman–Crippen LogP) is -2.02. The van der Waals surface area contributed by atoms with Gasteiger partial charge in [0.15, 0.2) is 23.7 Å². The average Bonchev–Trinajstić information content (AvgIpc) is 2.79. The minimum atomic E-state index is -2.62. The van der Waals surface area contributed by atoms with E-state index < -0.39 is 96.4 Å². The van der Waals surface area contributed by atoms with E-state index in [1.165, 1.54) is 6.07 Å². The Bertz CT molecular complexity index is 1090. The Kier molecular flexibility index (Phi) is 9.54. The van der Waals surface area contributed by atoms with E-state index in [1.54, 1.807) is 0 Å². The summed E-state index contributed by atoms with van der Waals surface area (Å²) in [6, 6.07) is 3.30. The molecule has 6 unspecified atom stereocenters. The number of benzene rings is 1. The van der Waals surface area contributed by atoms with E-state index in [0.29, 0.717) is 0 Å². The standard InChI is InChI=1S/C22H24O15/c1-8(23)35-16-13(26)6-10(7-14(16)27)21(33)36-17(19(29)30)18(20(31)32)37-22(34)15(28)5-9-2-3-11(24)12(25)4-9/h2-4,6,13-18,24-28H,5,7H2,1H3,(H,29,30)(H,31,32). The number of carbonyl (C=O) groups excluding carboxylic acids is 3. The number of rotatable bonds is 10. The van der Waals surface area contributed by atoms with Gasteiger partial charge in [0.1, 0.15) is 6.10 Å². The van der Waals surface area contributed by atoms with Gasteiger partial charge in [-0.15, -0.1) is 0 Å². The molecule has 1 aliphatic rings. The summed E-state index contributed by atoms with van der Waals surface area (Å²) in [6.07, 6.45) is -12.2. The lowest BCUT2D eigenvalue weighted by atomic mass is 9.92. The number of aliphatic hydroxyl groups is 3. The van der Waals surface area contributed by atoms with Crippen LogP contribution in [0.3, 0.4) is 0 Å². The molecule has 0 bridgehead atoms. The molecule has 0 saturated carbocycles. The number of hydrogen-bond acceptors (Lipinski definition) is 13. The van der Waals surface area contributed by atoms with Crippen molar-refractivity contribution in [2.24, 2.45) is 0 Å². The summed E-state index contributed by atoms with van der Waals surface area (Å²) in [5, 5.41) is 67.7. The van der Waals surface area contributed by atoms with Gasteiger partial charge in [0.05, 0.1) is 6.10 Å². The van der Waals surface area contributed by atoms with E-state index in [9.17, 15) is 59.7 Å². The number of carbonyl (C=O) groups is 5. The lowest BCUT2D eigenvalue weighted by Crippen LogP contribution is -2.48. The second kappa shape index (κ2) is 12.2. The van der Waals surface area contributed by atoms with Gasteiger partial charge in [-0.2, -0.15) is 0 Å². The Morgan fingerprint density at radius 1 is 0.973 bits per heavy atom. The molecular weight excluding hydrogens is 504 g/mol. The summed E-state index contributed by atoms with van der Waals surface area (Å²) in [5.41, 5.74) is -0.349. The number of carboxylic acids is 2. The van der Waals surface area contributed by atoms with Gasteiger partial charge in [0, 0.05) is 25.3 Å². The highest BCUT2D eigenvalue weighted by molar-refractivity contribution is 5.93. The van der Waals surface area contributed by atoms with Crippen LogP contribution in [-0.4, -0.2) is 102 Å². The molecule has 0 fully saturated rings. The highest BCUT2D eigenvalue weighted by atomic mass is 16.6. The molecule has 1 aliphatic carbocycles. The third-order valence-electron chi connectivity index (χ3n) is 5.06. The fraction of sp³-hybridized carbons (Fsp3) is 0.409. The number of ether oxygens (including phenoxy) is 3. The molecule has 1 aromatic carbocycles. The molecule has 0 aromatic heterocycles. The molecule has 15 heteroatoms. The first-order chi connectivity index (χ1) is 17.2. The Morgan fingerprint density at radius 3 is 2.08 bits per heavy atom. The van der Waals surface area contributed by atoms with Crippen molar-refractivity contribution in [1.82, 2.24) is 0 Å². The Morgan fingerprint density at radius 2 is 1.57 bits per heavy atom. The number of carboxylic acid groups (broad SMARTS) is 2. The largest absolute Gasteiger partial charge is 0.504 e.